The Morgan fingerprint density at radius 3 is 1.71 bits per heavy atom. The number of aliphatic hydroxyl groups excluding tert-OH is 3. The first kappa shape index (κ1) is 37.9. The average Bonchev–Trinajstić information content (AvgIpc) is 3.53. The van der Waals surface area contributed by atoms with Crippen LogP contribution in [0.3, 0.4) is 0 Å². The van der Waals surface area contributed by atoms with Crippen LogP contribution in [0.25, 0.3) is 0 Å². The molecule has 0 radical (unpaired) electrons. The summed E-state index contributed by atoms with van der Waals surface area (Å²) in [5.74, 6) is -0.0325. The lowest BCUT2D eigenvalue weighted by atomic mass is 9.45. The molecule has 8 aliphatic carbocycles. The SMILES string of the molecule is CC12CCC(=O)C=C1CCC1C2C(=O)CC2(C)C1CCC2(O)C(=O)CO.CC12CCC(=O)C=C1CCC1C2C(O)CC2(C)C1CCC2(O)C(=O)CO. The second-order valence-corrected chi connectivity index (χ2v) is 18.9. The summed E-state index contributed by atoms with van der Waals surface area (Å²) < 4.78 is 0. The number of carbonyl (C=O) groups excluding carboxylic acids is 5. The van der Waals surface area contributed by atoms with Gasteiger partial charge < -0.3 is 25.5 Å². The summed E-state index contributed by atoms with van der Waals surface area (Å²) in [6.45, 7) is 6.76. The number of allylic oxidation sites excluding steroid dienone is 2. The van der Waals surface area contributed by atoms with Gasteiger partial charge in [0.05, 0.1) is 6.10 Å². The van der Waals surface area contributed by atoms with Gasteiger partial charge in [-0.1, -0.05) is 38.8 Å². The highest BCUT2D eigenvalue weighted by Crippen LogP contribution is 2.69. The number of hydrogen-bond acceptors (Lipinski definition) is 10. The molecule has 8 rings (SSSR count). The van der Waals surface area contributed by atoms with Crippen molar-refractivity contribution in [1.29, 1.82) is 0 Å². The molecule has 6 saturated carbocycles. The summed E-state index contributed by atoms with van der Waals surface area (Å²) in [6.07, 6.45) is 11.6. The minimum Gasteiger partial charge on any atom is -0.393 e. The van der Waals surface area contributed by atoms with E-state index in [1.54, 1.807) is 12.2 Å². The van der Waals surface area contributed by atoms with Crippen molar-refractivity contribution in [3.05, 3.63) is 23.3 Å². The summed E-state index contributed by atoms with van der Waals surface area (Å²) in [5, 5.41) is 52.2. The maximum atomic E-state index is 13.3. The van der Waals surface area contributed by atoms with Crippen LogP contribution in [0.5, 0.6) is 0 Å². The predicted octanol–water partition coefficient (Wildman–Crippen LogP) is 3.77. The molecular formula is C42H58O10. The third kappa shape index (κ3) is 5.02. The van der Waals surface area contributed by atoms with Gasteiger partial charge in [-0.15, -0.1) is 0 Å². The maximum absolute atomic E-state index is 13.3. The van der Waals surface area contributed by atoms with E-state index in [0.717, 1.165) is 44.1 Å². The van der Waals surface area contributed by atoms with E-state index in [1.165, 1.54) is 5.57 Å². The third-order valence-electron chi connectivity index (χ3n) is 17.1. The first-order chi connectivity index (χ1) is 24.3. The Morgan fingerprint density at radius 1 is 0.673 bits per heavy atom. The lowest BCUT2D eigenvalue weighted by Gasteiger charge is -2.60. The molecule has 0 aromatic rings. The van der Waals surface area contributed by atoms with Crippen molar-refractivity contribution in [3.8, 4) is 0 Å². The van der Waals surface area contributed by atoms with Gasteiger partial charge in [-0.25, -0.2) is 0 Å². The summed E-state index contributed by atoms with van der Waals surface area (Å²) in [7, 11) is 0. The molecule has 286 valence electrons. The van der Waals surface area contributed by atoms with Gasteiger partial charge in [0.1, 0.15) is 30.2 Å². The minimum atomic E-state index is -1.60. The molecule has 13 atom stereocenters. The Balaban J connectivity index is 0.000000162. The standard InChI is InChI=1S/C21H30O5.C21H28O5/c2*1-19-7-5-13(23)9-12(19)3-4-14-15-6-8-21(26,17(25)11-22)20(15,2)10-16(24)18(14)19/h9,14-16,18,22,24,26H,3-8,10-11H2,1-2H3;9,14-15,18,22,26H,3-8,10-11H2,1-2H3. The van der Waals surface area contributed by atoms with Crippen LogP contribution in [0.1, 0.15) is 118 Å². The molecule has 0 heterocycles. The minimum absolute atomic E-state index is 0.0697. The van der Waals surface area contributed by atoms with E-state index in [0.29, 0.717) is 44.9 Å². The molecule has 0 saturated heterocycles. The molecule has 10 nitrogen and oxygen atoms in total. The molecule has 8 aliphatic rings. The van der Waals surface area contributed by atoms with Crippen LogP contribution in [-0.4, -0.2) is 85.0 Å². The lowest BCUT2D eigenvalue weighted by molar-refractivity contribution is -0.182. The van der Waals surface area contributed by atoms with Crippen molar-refractivity contribution in [2.75, 3.05) is 13.2 Å². The Hall–Kier alpha value is -2.37. The average molecular weight is 723 g/mol. The molecule has 0 amide bonds. The Labute approximate surface area is 306 Å². The van der Waals surface area contributed by atoms with E-state index in [2.05, 4.69) is 13.8 Å². The number of rotatable bonds is 4. The topological polar surface area (TPSA) is 186 Å². The molecule has 0 spiro atoms. The number of carbonyl (C=O) groups is 5. The van der Waals surface area contributed by atoms with E-state index < -0.39 is 52.9 Å². The van der Waals surface area contributed by atoms with E-state index >= 15 is 0 Å². The zero-order valence-electron chi connectivity index (χ0n) is 31.3. The van der Waals surface area contributed by atoms with Crippen LogP contribution < -0.4 is 0 Å². The van der Waals surface area contributed by atoms with Crippen LogP contribution in [-0.2, 0) is 24.0 Å². The van der Waals surface area contributed by atoms with Crippen molar-refractivity contribution in [3.63, 3.8) is 0 Å². The van der Waals surface area contributed by atoms with E-state index in [-0.39, 0.29) is 70.1 Å². The van der Waals surface area contributed by atoms with Crippen molar-refractivity contribution in [2.45, 2.75) is 135 Å². The van der Waals surface area contributed by atoms with Gasteiger partial charge in [0.15, 0.2) is 23.1 Å². The molecule has 0 aliphatic heterocycles. The second kappa shape index (κ2) is 12.6. The fourth-order valence-electron chi connectivity index (χ4n) is 14.3. The van der Waals surface area contributed by atoms with E-state index in [1.807, 2.05) is 13.8 Å². The van der Waals surface area contributed by atoms with Crippen LogP contribution in [0.15, 0.2) is 23.3 Å². The van der Waals surface area contributed by atoms with Crippen LogP contribution in [0.2, 0.25) is 0 Å². The van der Waals surface area contributed by atoms with Gasteiger partial charge in [-0.2, -0.15) is 0 Å². The van der Waals surface area contributed by atoms with Crippen LogP contribution >= 0.6 is 0 Å². The Bertz CT molecular complexity index is 1650. The molecule has 5 N–H and O–H groups in total. The first-order valence-electron chi connectivity index (χ1n) is 19.8. The summed E-state index contributed by atoms with van der Waals surface area (Å²) in [5.41, 5.74) is -2.78. The van der Waals surface area contributed by atoms with Gasteiger partial charge in [-0.05, 0) is 123 Å². The van der Waals surface area contributed by atoms with Crippen molar-refractivity contribution < 1.29 is 49.5 Å². The largest absolute Gasteiger partial charge is 0.393 e. The predicted molar refractivity (Wildman–Crippen MR) is 189 cm³/mol. The van der Waals surface area contributed by atoms with Gasteiger partial charge >= 0.3 is 0 Å². The van der Waals surface area contributed by atoms with Gasteiger partial charge in [0.25, 0.3) is 0 Å². The number of Topliss-reactive ketones (excluding diaryl/α,β-unsaturated/α-hetero) is 3. The zero-order valence-corrected chi connectivity index (χ0v) is 31.3. The fraction of sp³-hybridized carbons (Fsp3) is 0.786. The highest BCUT2D eigenvalue weighted by molar-refractivity contribution is 5.95. The summed E-state index contributed by atoms with van der Waals surface area (Å²) in [4.78, 5) is 61.8. The zero-order chi connectivity index (χ0) is 37.8. The van der Waals surface area contributed by atoms with E-state index in [4.69, 9.17) is 0 Å². The smallest absolute Gasteiger partial charge is 0.190 e. The summed E-state index contributed by atoms with van der Waals surface area (Å²) in [6, 6.07) is 0. The molecule has 0 bridgehead atoms. The highest BCUT2D eigenvalue weighted by Gasteiger charge is 2.70. The lowest BCUT2D eigenvalue weighted by Crippen LogP contribution is -2.62. The van der Waals surface area contributed by atoms with Crippen LogP contribution in [0.4, 0.5) is 0 Å². The number of fused-ring (bicyclic) bond motifs is 10. The van der Waals surface area contributed by atoms with Crippen molar-refractivity contribution in [2.24, 2.45) is 57.2 Å². The first-order valence-corrected chi connectivity index (χ1v) is 19.8. The molecule has 6 fully saturated rings. The quantitative estimate of drug-likeness (QED) is 0.286. The molecule has 0 aromatic carbocycles. The number of aliphatic hydroxyl groups is 5. The van der Waals surface area contributed by atoms with Crippen LogP contribution in [0, 0.1) is 57.2 Å². The number of hydrogen-bond donors (Lipinski definition) is 5. The van der Waals surface area contributed by atoms with Crippen molar-refractivity contribution >= 4 is 28.9 Å². The molecule has 10 heteroatoms. The molecular weight excluding hydrogens is 664 g/mol. The number of ketones is 5. The maximum Gasteiger partial charge on any atom is 0.190 e. The Kier molecular flexibility index (Phi) is 9.18. The van der Waals surface area contributed by atoms with Gasteiger partial charge in [-0.3, -0.25) is 24.0 Å². The Morgan fingerprint density at radius 2 is 1.15 bits per heavy atom. The van der Waals surface area contributed by atoms with Gasteiger partial charge in [0, 0.05) is 36.0 Å². The second-order valence-electron chi connectivity index (χ2n) is 18.9. The monoisotopic (exact) mass is 722 g/mol. The molecule has 52 heavy (non-hydrogen) atoms. The highest BCUT2D eigenvalue weighted by atomic mass is 16.3. The molecule has 13 unspecified atom stereocenters. The molecule has 0 aromatic heterocycles. The van der Waals surface area contributed by atoms with Crippen molar-refractivity contribution in [1.82, 2.24) is 0 Å². The summed E-state index contributed by atoms with van der Waals surface area (Å²) >= 11 is 0. The third-order valence-corrected chi connectivity index (χ3v) is 17.1. The van der Waals surface area contributed by atoms with Gasteiger partial charge in [0.2, 0.25) is 0 Å². The van der Waals surface area contributed by atoms with E-state index in [9.17, 15) is 49.5 Å². The normalized spacial score (nSPS) is 49.1. The fourth-order valence-corrected chi connectivity index (χ4v) is 14.3.